The van der Waals surface area contributed by atoms with Crippen LogP contribution in [0.3, 0.4) is 0 Å². The number of carboxylic acids is 1. The topological polar surface area (TPSA) is 97.5 Å². The fourth-order valence-corrected chi connectivity index (χ4v) is 2.93. The van der Waals surface area contributed by atoms with Crippen molar-refractivity contribution in [2.75, 3.05) is 0 Å². The Morgan fingerprint density at radius 1 is 1.29 bits per heavy atom. The molecule has 1 aromatic rings. The van der Waals surface area contributed by atoms with Crippen molar-refractivity contribution < 1.29 is 19.6 Å². The summed E-state index contributed by atoms with van der Waals surface area (Å²) in [7, 11) is 0. The van der Waals surface area contributed by atoms with Crippen molar-refractivity contribution in [2.24, 2.45) is 11.8 Å². The Bertz CT molecular complexity index is 569. The Balaban J connectivity index is 2.11. The van der Waals surface area contributed by atoms with Gasteiger partial charge in [0.1, 0.15) is 0 Å². The number of rotatable bonds is 5. The lowest BCUT2D eigenvalue weighted by Gasteiger charge is -2.27. The molecule has 1 fully saturated rings. The maximum atomic E-state index is 12.2. The second kappa shape index (κ2) is 6.47. The first-order chi connectivity index (χ1) is 9.99. The van der Waals surface area contributed by atoms with E-state index in [1.807, 2.05) is 0 Å². The molecule has 6 heteroatoms. The molecule has 2 atom stereocenters. The number of carbonyl (C=O) groups is 2. The summed E-state index contributed by atoms with van der Waals surface area (Å²) in [5.41, 5.74) is 0.151. The van der Waals surface area contributed by atoms with E-state index in [1.165, 1.54) is 24.3 Å². The number of carbonyl (C=O) groups excluding carboxylic acids is 1. The van der Waals surface area contributed by atoms with Crippen molar-refractivity contribution in [1.82, 2.24) is 0 Å². The molecule has 112 valence electrons. The SMILES string of the molecule is O=C(CC1CCCCC1C(=O)O)c1cccc([N+](=O)[O-])c1. The van der Waals surface area contributed by atoms with E-state index in [4.69, 9.17) is 0 Å². The first-order valence-corrected chi connectivity index (χ1v) is 6.99. The fraction of sp³-hybridized carbons (Fsp3) is 0.467. The molecule has 0 spiro atoms. The Morgan fingerprint density at radius 2 is 2.00 bits per heavy atom. The predicted octanol–water partition coefficient (Wildman–Crippen LogP) is 3.06. The molecule has 1 aliphatic carbocycles. The van der Waals surface area contributed by atoms with Crippen LogP contribution in [-0.2, 0) is 4.79 Å². The molecule has 0 bridgehead atoms. The van der Waals surface area contributed by atoms with Gasteiger partial charge in [-0.25, -0.2) is 0 Å². The fourth-order valence-electron chi connectivity index (χ4n) is 2.93. The molecule has 0 aliphatic heterocycles. The number of nitro benzene ring substituents is 1. The Labute approximate surface area is 121 Å². The van der Waals surface area contributed by atoms with E-state index in [-0.39, 0.29) is 29.4 Å². The highest BCUT2D eigenvalue weighted by Gasteiger charge is 2.32. The smallest absolute Gasteiger partial charge is 0.306 e. The van der Waals surface area contributed by atoms with Gasteiger partial charge in [-0.1, -0.05) is 25.0 Å². The highest BCUT2D eigenvalue weighted by Crippen LogP contribution is 2.33. The summed E-state index contributed by atoms with van der Waals surface area (Å²) in [6.45, 7) is 0. The minimum absolute atomic E-state index is 0.126. The van der Waals surface area contributed by atoms with E-state index in [0.717, 1.165) is 19.3 Å². The standard InChI is InChI=1S/C15H17NO5/c17-14(11-5-3-6-12(8-11)16(20)21)9-10-4-1-2-7-13(10)15(18)19/h3,5-6,8,10,13H,1-2,4,7,9H2,(H,18,19). The molecule has 1 saturated carbocycles. The second-order valence-electron chi connectivity index (χ2n) is 5.42. The molecule has 1 N–H and O–H groups in total. The summed E-state index contributed by atoms with van der Waals surface area (Å²) < 4.78 is 0. The molecule has 21 heavy (non-hydrogen) atoms. The number of carboxylic acid groups (broad SMARTS) is 1. The van der Waals surface area contributed by atoms with Crippen LogP contribution in [-0.4, -0.2) is 21.8 Å². The Morgan fingerprint density at radius 3 is 2.67 bits per heavy atom. The highest BCUT2D eigenvalue weighted by atomic mass is 16.6. The van der Waals surface area contributed by atoms with Gasteiger partial charge in [0.15, 0.2) is 5.78 Å². The molecular weight excluding hydrogens is 274 g/mol. The van der Waals surface area contributed by atoms with Gasteiger partial charge in [0, 0.05) is 24.1 Å². The van der Waals surface area contributed by atoms with Gasteiger partial charge in [0.05, 0.1) is 10.8 Å². The van der Waals surface area contributed by atoms with E-state index < -0.39 is 16.8 Å². The number of ketones is 1. The third-order valence-electron chi connectivity index (χ3n) is 4.05. The van der Waals surface area contributed by atoms with Crippen molar-refractivity contribution in [1.29, 1.82) is 0 Å². The van der Waals surface area contributed by atoms with Crippen molar-refractivity contribution >= 4 is 17.4 Å². The van der Waals surface area contributed by atoms with Crippen LogP contribution < -0.4 is 0 Å². The molecule has 0 amide bonds. The van der Waals surface area contributed by atoms with E-state index in [2.05, 4.69) is 0 Å². The number of aliphatic carboxylic acids is 1. The maximum absolute atomic E-state index is 12.2. The average molecular weight is 291 g/mol. The van der Waals surface area contributed by atoms with E-state index in [1.54, 1.807) is 0 Å². The van der Waals surface area contributed by atoms with Gasteiger partial charge in [0.25, 0.3) is 5.69 Å². The normalized spacial score (nSPS) is 21.7. The zero-order valence-corrected chi connectivity index (χ0v) is 11.5. The van der Waals surface area contributed by atoms with Crippen LogP contribution in [0.2, 0.25) is 0 Å². The van der Waals surface area contributed by atoms with Crippen LogP contribution in [0.15, 0.2) is 24.3 Å². The van der Waals surface area contributed by atoms with E-state index in [0.29, 0.717) is 6.42 Å². The number of benzene rings is 1. The number of nitro groups is 1. The number of nitrogens with zero attached hydrogens (tertiary/aromatic N) is 1. The van der Waals surface area contributed by atoms with E-state index in [9.17, 15) is 24.8 Å². The Hall–Kier alpha value is -2.24. The first-order valence-electron chi connectivity index (χ1n) is 6.99. The van der Waals surface area contributed by atoms with Gasteiger partial charge in [-0.15, -0.1) is 0 Å². The Kier molecular flexibility index (Phi) is 4.67. The number of Topliss-reactive ketones (excluding diaryl/α,β-unsaturated/α-hetero) is 1. The quantitative estimate of drug-likeness (QED) is 0.510. The highest BCUT2D eigenvalue weighted by molar-refractivity contribution is 5.97. The molecule has 2 rings (SSSR count). The van der Waals surface area contributed by atoms with Crippen LogP contribution >= 0.6 is 0 Å². The zero-order valence-electron chi connectivity index (χ0n) is 11.5. The molecular formula is C15H17NO5. The van der Waals surface area contributed by atoms with Crippen LogP contribution in [0.4, 0.5) is 5.69 Å². The monoisotopic (exact) mass is 291 g/mol. The van der Waals surface area contributed by atoms with Gasteiger partial charge < -0.3 is 5.11 Å². The van der Waals surface area contributed by atoms with Crippen LogP contribution in [0, 0.1) is 22.0 Å². The van der Waals surface area contributed by atoms with Crippen molar-refractivity contribution in [3.63, 3.8) is 0 Å². The number of non-ortho nitro benzene ring substituents is 1. The molecule has 0 saturated heterocycles. The summed E-state index contributed by atoms with van der Waals surface area (Å²) in [5, 5.41) is 19.9. The lowest BCUT2D eigenvalue weighted by molar-refractivity contribution is -0.384. The maximum Gasteiger partial charge on any atom is 0.306 e. The third-order valence-corrected chi connectivity index (χ3v) is 4.05. The predicted molar refractivity (Wildman–Crippen MR) is 75.1 cm³/mol. The van der Waals surface area contributed by atoms with Crippen molar-refractivity contribution in [3.8, 4) is 0 Å². The third kappa shape index (κ3) is 3.65. The summed E-state index contributed by atoms with van der Waals surface area (Å²) in [5.74, 6) is -1.74. The van der Waals surface area contributed by atoms with Crippen LogP contribution in [0.25, 0.3) is 0 Å². The number of hydrogen-bond acceptors (Lipinski definition) is 4. The molecule has 0 heterocycles. The van der Waals surface area contributed by atoms with Crippen LogP contribution in [0.1, 0.15) is 42.5 Å². The molecule has 6 nitrogen and oxygen atoms in total. The largest absolute Gasteiger partial charge is 0.481 e. The second-order valence-corrected chi connectivity index (χ2v) is 5.42. The van der Waals surface area contributed by atoms with Crippen LogP contribution in [0.5, 0.6) is 0 Å². The molecule has 2 unspecified atom stereocenters. The van der Waals surface area contributed by atoms with Gasteiger partial charge in [-0.3, -0.25) is 19.7 Å². The summed E-state index contributed by atoms with van der Waals surface area (Å²) >= 11 is 0. The molecule has 0 radical (unpaired) electrons. The van der Waals surface area contributed by atoms with Crippen molar-refractivity contribution in [2.45, 2.75) is 32.1 Å². The minimum Gasteiger partial charge on any atom is -0.481 e. The average Bonchev–Trinajstić information content (AvgIpc) is 2.47. The molecule has 0 aromatic heterocycles. The zero-order chi connectivity index (χ0) is 15.4. The number of hydrogen-bond donors (Lipinski definition) is 1. The summed E-state index contributed by atoms with van der Waals surface area (Å²) in [6, 6.07) is 5.59. The summed E-state index contributed by atoms with van der Waals surface area (Å²) in [6.07, 6.45) is 3.26. The van der Waals surface area contributed by atoms with Gasteiger partial charge in [0.2, 0.25) is 0 Å². The van der Waals surface area contributed by atoms with Gasteiger partial charge >= 0.3 is 5.97 Å². The lowest BCUT2D eigenvalue weighted by Crippen LogP contribution is -2.28. The van der Waals surface area contributed by atoms with Gasteiger partial charge in [-0.05, 0) is 18.8 Å². The molecule has 1 aromatic carbocycles. The first kappa shape index (κ1) is 15.2. The lowest BCUT2D eigenvalue weighted by atomic mass is 9.76. The van der Waals surface area contributed by atoms with E-state index >= 15 is 0 Å². The molecule has 1 aliphatic rings. The minimum atomic E-state index is -0.855. The summed E-state index contributed by atoms with van der Waals surface area (Å²) in [4.78, 5) is 33.6. The van der Waals surface area contributed by atoms with Crippen molar-refractivity contribution in [3.05, 3.63) is 39.9 Å². The van der Waals surface area contributed by atoms with Gasteiger partial charge in [-0.2, -0.15) is 0 Å².